The zero-order valence-electron chi connectivity index (χ0n) is 11.2. The van der Waals surface area contributed by atoms with Gasteiger partial charge in [0.15, 0.2) is 0 Å². The first-order chi connectivity index (χ1) is 7.86. The molecule has 0 fully saturated rings. The summed E-state index contributed by atoms with van der Waals surface area (Å²) in [5.74, 6) is 0. The highest BCUT2D eigenvalue weighted by Gasteiger charge is 1.98. The molecule has 0 radical (unpaired) electrons. The smallest absolute Gasteiger partial charge is 0.00190 e. The van der Waals surface area contributed by atoms with Gasteiger partial charge < -0.3 is 4.90 Å². The zero-order chi connectivity index (χ0) is 11.6. The van der Waals surface area contributed by atoms with Gasteiger partial charge in [0.25, 0.3) is 0 Å². The Balaban J connectivity index is 0.00000256. The average molecular weight is 256 g/mol. The van der Waals surface area contributed by atoms with E-state index in [9.17, 15) is 0 Å². The van der Waals surface area contributed by atoms with Gasteiger partial charge in [-0.25, -0.2) is 0 Å². The quantitative estimate of drug-likeness (QED) is 0.631. The van der Waals surface area contributed by atoms with Gasteiger partial charge in [-0.05, 0) is 44.5 Å². The van der Waals surface area contributed by atoms with Gasteiger partial charge in [0.1, 0.15) is 0 Å². The Hall–Kier alpha value is -0.530. The molecule has 0 saturated carbocycles. The lowest BCUT2D eigenvalue weighted by molar-refractivity contribution is 0.296. The van der Waals surface area contributed by atoms with Crippen LogP contribution in [0.4, 0.5) is 0 Å². The molecule has 0 amide bonds. The number of hydrogen-bond acceptors (Lipinski definition) is 1. The fourth-order valence-electron chi connectivity index (χ4n) is 2.03. The Labute approximate surface area is 113 Å². The average Bonchev–Trinajstić information content (AvgIpc) is 2.35. The van der Waals surface area contributed by atoms with Crippen molar-refractivity contribution in [2.45, 2.75) is 39.5 Å². The predicted molar refractivity (Wildman–Crippen MR) is 79.0 cm³/mol. The van der Waals surface area contributed by atoms with E-state index in [1.54, 1.807) is 0 Å². The van der Waals surface area contributed by atoms with E-state index in [0.717, 1.165) is 0 Å². The third-order valence-corrected chi connectivity index (χ3v) is 3.18. The minimum atomic E-state index is 0. The Bertz CT molecular complexity index is 257. The molecule has 98 valence electrons. The molecular formula is C15H26ClN. The van der Waals surface area contributed by atoms with Gasteiger partial charge in [-0.1, -0.05) is 50.6 Å². The first-order valence-electron chi connectivity index (χ1n) is 6.63. The van der Waals surface area contributed by atoms with Crippen LogP contribution >= 0.6 is 12.4 Å². The van der Waals surface area contributed by atoms with Gasteiger partial charge in [-0.3, -0.25) is 0 Å². The second kappa shape index (κ2) is 10.6. The van der Waals surface area contributed by atoms with Gasteiger partial charge in [0.05, 0.1) is 0 Å². The molecule has 1 aromatic carbocycles. The fraction of sp³-hybridized carbons (Fsp3) is 0.600. The standard InChI is InChI=1S/C15H25N.ClH/c1-3-16(4-2)14-10-6-9-13-15-11-7-5-8-12-15;/h5,7-8,11-12H,3-4,6,9-10,13-14H2,1-2H3;1H. The van der Waals surface area contributed by atoms with Crippen molar-refractivity contribution in [3.8, 4) is 0 Å². The molecule has 0 atom stereocenters. The van der Waals surface area contributed by atoms with Crippen LogP contribution in [0, 0.1) is 0 Å². The lowest BCUT2D eigenvalue weighted by Crippen LogP contribution is -2.23. The van der Waals surface area contributed by atoms with Crippen molar-refractivity contribution in [3.05, 3.63) is 35.9 Å². The number of benzene rings is 1. The number of nitrogens with zero attached hydrogens (tertiary/aromatic N) is 1. The highest BCUT2D eigenvalue weighted by atomic mass is 35.5. The molecule has 0 unspecified atom stereocenters. The minimum absolute atomic E-state index is 0. The van der Waals surface area contributed by atoms with Crippen LogP contribution < -0.4 is 0 Å². The number of halogens is 1. The Morgan fingerprint density at radius 3 is 2.12 bits per heavy atom. The molecule has 0 heterocycles. The van der Waals surface area contributed by atoms with Crippen LogP contribution in [0.5, 0.6) is 0 Å². The molecule has 2 heteroatoms. The SMILES string of the molecule is CCN(CC)CCCCCc1ccccc1.Cl. The van der Waals surface area contributed by atoms with Crippen molar-refractivity contribution in [3.63, 3.8) is 0 Å². The molecule has 0 aliphatic heterocycles. The molecule has 0 aliphatic rings. The molecule has 0 bridgehead atoms. The van der Waals surface area contributed by atoms with Crippen molar-refractivity contribution in [2.75, 3.05) is 19.6 Å². The molecule has 1 nitrogen and oxygen atoms in total. The van der Waals surface area contributed by atoms with Gasteiger partial charge in [-0.15, -0.1) is 12.4 Å². The van der Waals surface area contributed by atoms with Gasteiger partial charge in [0, 0.05) is 0 Å². The third kappa shape index (κ3) is 7.40. The van der Waals surface area contributed by atoms with Crippen molar-refractivity contribution in [1.29, 1.82) is 0 Å². The van der Waals surface area contributed by atoms with Crippen LogP contribution in [-0.2, 0) is 6.42 Å². The van der Waals surface area contributed by atoms with E-state index in [0.29, 0.717) is 0 Å². The molecular weight excluding hydrogens is 230 g/mol. The summed E-state index contributed by atoms with van der Waals surface area (Å²) in [6, 6.07) is 10.8. The molecule has 0 spiro atoms. The van der Waals surface area contributed by atoms with E-state index in [-0.39, 0.29) is 12.4 Å². The summed E-state index contributed by atoms with van der Waals surface area (Å²) in [5.41, 5.74) is 1.48. The van der Waals surface area contributed by atoms with Crippen LogP contribution in [-0.4, -0.2) is 24.5 Å². The summed E-state index contributed by atoms with van der Waals surface area (Å²) >= 11 is 0. The summed E-state index contributed by atoms with van der Waals surface area (Å²) in [7, 11) is 0. The second-order valence-electron chi connectivity index (χ2n) is 4.32. The first-order valence-corrected chi connectivity index (χ1v) is 6.63. The van der Waals surface area contributed by atoms with Gasteiger partial charge in [-0.2, -0.15) is 0 Å². The maximum absolute atomic E-state index is 2.50. The van der Waals surface area contributed by atoms with E-state index >= 15 is 0 Å². The Kier molecular flexibility index (Phi) is 10.3. The summed E-state index contributed by atoms with van der Waals surface area (Å²) in [6.45, 7) is 8.13. The number of hydrogen-bond donors (Lipinski definition) is 0. The molecule has 0 N–H and O–H groups in total. The normalized spacial score (nSPS) is 10.3. The third-order valence-electron chi connectivity index (χ3n) is 3.18. The minimum Gasteiger partial charge on any atom is -0.304 e. The van der Waals surface area contributed by atoms with Crippen LogP contribution in [0.15, 0.2) is 30.3 Å². The first kappa shape index (κ1) is 16.5. The zero-order valence-corrected chi connectivity index (χ0v) is 12.0. The lowest BCUT2D eigenvalue weighted by Gasteiger charge is -2.17. The number of unbranched alkanes of at least 4 members (excludes halogenated alkanes) is 2. The van der Waals surface area contributed by atoms with E-state index in [2.05, 4.69) is 49.1 Å². The molecule has 1 aromatic rings. The predicted octanol–water partition coefficient (Wildman–Crippen LogP) is 4.16. The second-order valence-corrected chi connectivity index (χ2v) is 4.32. The van der Waals surface area contributed by atoms with Crippen molar-refractivity contribution < 1.29 is 0 Å². The van der Waals surface area contributed by atoms with Gasteiger partial charge >= 0.3 is 0 Å². The monoisotopic (exact) mass is 255 g/mol. The van der Waals surface area contributed by atoms with Crippen molar-refractivity contribution in [1.82, 2.24) is 4.90 Å². The van der Waals surface area contributed by atoms with Crippen LogP contribution in [0.3, 0.4) is 0 Å². The number of aryl methyl sites for hydroxylation is 1. The van der Waals surface area contributed by atoms with Crippen LogP contribution in [0.25, 0.3) is 0 Å². The molecule has 17 heavy (non-hydrogen) atoms. The van der Waals surface area contributed by atoms with Crippen LogP contribution in [0.1, 0.15) is 38.7 Å². The van der Waals surface area contributed by atoms with E-state index in [1.807, 2.05) is 0 Å². The van der Waals surface area contributed by atoms with E-state index in [1.165, 1.54) is 50.9 Å². The Morgan fingerprint density at radius 1 is 0.882 bits per heavy atom. The van der Waals surface area contributed by atoms with E-state index in [4.69, 9.17) is 0 Å². The summed E-state index contributed by atoms with van der Waals surface area (Å²) in [5, 5.41) is 0. The molecule has 0 aliphatic carbocycles. The Morgan fingerprint density at radius 2 is 1.53 bits per heavy atom. The highest BCUT2D eigenvalue weighted by Crippen LogP contribution is 2.06. The topological polar surface area (TPSA) is 3.24 Å². The summed E-state index contributed by atoms with van der Waals surface area (Å²) in [4.78, 5) is 2.50. The largest absolute Gasteiger partial charge is 0.304 e. The molecule has 0 aromatic heterocycles. The fourth-order valence-corrected chi connectivity index (χ4v) is 2.03. The highest BCUT2D eigenvalue weighted by molar-refractivity contribution is 5.85. The van der Waals surface area contributed by atoms with Crippen LogP contribution in [0.2, 0.25) is 0 Å². The maximum Gasteiger partial charge on any atom is -0.00190 e. The molecule has 1 rings (SSSR count). The summed E-state index contributed by atoms with van der Waals surface area (Å²) < 4.78 is 0. The van der Waals surface area contributed by atoms with Crippen molar-refractivity contribution >= 4 is 12.4 Å². The molecule has 0 saturated heterocycles. The summed E-state index contributed by atoms with van der Waals surface area (Å²) in [6.07, 6.45) is 5.25. The van der Waals surface area contributed by atoms with Crippen molar-refractivity contribution in [2.24, 2.45) is 0 Å². The maximum atomic E-state index is 2.50. The number of rotatable bonds is 8. The van der Waals surface area contributed by atoms with Gasteiger partial charge in [0.2, 0.25) is 0 Å². The van der Waals surface area contributed by atoms with E-state index < -0.39 is 0 Å². The lowest BCUT2D eigenvalue weighted by atomic mass is 10.1.